The van der Waals surface area contributed by atoms with Crippen LogP contribution >= 0.6 is 0 Å². The van der Waals surface area contributed by atoms with Gasteiger partial charge < -0.3 is 25.4 Å². The van der Waals surface area contributed by atoms with E-state index in [2.05, 4.69) is 10.6 Å². The minimum atomic E-state index is -1.10. The van der Waals surface area contributed by atoms with Crippen molar-refractivity contribution < 1.29 is 24.2 Å². The van der Waals surface area contributed by atoms with Crippen LogP contribution in [0.2, 0.25) is 0 Å². The minimum absolute atomic E-state index is 0.246. The first-order valence-corrected chi connectivity index (χ1v) is 5.96. The topological polar surface area (TPSA) is 108 Å². The number of urea groups is 1. The van der Waals surface area contributed by atoms with Crippen LogP contribution in [0.15, 0.2) is 0 Å². The van der Waals surface area contributed by atoms with Crippen LogP contribution in [0, 0.1) is 0 Å². The molecule has 0 aromatic heterocycles. The summed E-state index contributed by atoms with van der Waals surface area (Å²) in [6, 6.07) is -1.33. The number of ether oxygens (including phenoxy) is 1. The number of amides is 3. The van der Waals surface area contributed by atoms with E-state index in [0.29, 0.717) is 13.2 Å². The average Bonchev–Trinajstić information content (AvgIpc) is 2.35. The number of carboxylic acids is 1. The van der Waals surface area contributed by atoms with Crippen molar-refractivity contribution in [2.75, 3.05) is 33.4 Å². The van der Waals surface area contributed by atoms with Crippen LogP contribution in [0.4, 0.5) is 4.79 Å². The molecule has 0 spiro atoms. The van der Waals surface area contributed by atoms with E-state index in [4.69, 9.17) is 9.84 Å². The number of nitrogens with zero attached hydrogens (tertiary/aromatic N) is 1. The quantitative estimate of drug-likeness (QED) is 0.505. The lowest BCUT2D eigenvalue weighted by molar-refractivity contribution is -0.137. The molecule has 0 aliphatic heterocycles. The lowest BCUT2D eigenvalue weighted by Gasteiger charge is -2.22. The Morgan fingerprint density at radius 3 is 2.47 bits per heavy atom. The van der Waals surface area contributed by atoms with E-state index in [1.807, 2.05) is 0 Å². The molecule has 0 heterocycles. The normalized spacial score (nSPS) is 11.5. The fraction of sp³-hybridized carbons (Fsp3) is 0.727. The van der Waals surface area contributed by atoms with Gasteiger partial charge in [0.05, 0.1) is 6.61 Å². The molecule has 0 fully saturated rings. The zero-order chi connectivity index (χ0) is 14.8. The Labute approximate surface area is 112 Å². The van der Waals surface area contributed by atoms with Crippen LogP contribution < -0.4 is 10.6 Å². The molecular formula is C11H21N3O5. The first-order valence-electron chi connectivity index (χ1n) is 5.96. The summed E-state index contributed by atoms with van der Waals surface area (Å²) < 4.78 is 4.78. The molecule has 110 valence electrons. The highest BCUT2D eigenvalue weighted by atomic mass is 16.5. The summed E-state index contributed by atoms with van der Waals surface area (Å²) in [6.45, 7) is 3.76. The molecule has 3 amide bonds. The maximum atomic E-state index is 11.7. The average molecular weight is 275 g/mol. The van der Waals surface area contributed by atoms with Crippen molar-refractivity contribution in [2.24, 2.45) is 0 Å². The third-order valence-corrected chi connectivity index (χ3v) is 2.33. The van der Waals surface area contributed by atoms with Gasteiger partial charge in [-0.15, -0.1) is 0 Å². The molecule has 1 unspecified atom stereocenters. The minimum Gasteiger partial charge on any atom is -0.480 e. The molecule has 0 saturated heterocycles. The molecule has 8 heteroatoms. The second kappa shape index (κ2) is 9.15. The van der Waals surface area contributed by atoms with Crippen molar-refractivity contribution in [1.82, 2.24) is 15.5 Å². The Bertz CT molecular complexity index is 321. The van der Waals surface area contributed by atoms with Gasteiger partial charge in [-0.3, -0.25) is 9.59 Å². The summed E-state index contributed by atoms with van der Waals surface area (Å²) in [5, 5.41) is 13.6. The van der Waals surface area contributed by atoms with Gasteiger partial charge in [0.25, 0.3) is 0 Å². The monoisotopic (exact) mass is 275 g/mol. The van der Waals surface area contributed by atoms with Crippen molar-refractivity contribution in [3.8, 4) is 0 Å². The summed E-state index contributed by atoms with van der Waals surface area (Å²) >= 11 is 0. The molecule has 8 nitrogen and oxygen atoms in total. The second-order valence-corrected chi connectivity index (χ2v) is 3.86. The first kappa shape index (κ1) is 17.2. The molecule has 0 bridgehead atoms. The predicted molar refractivity (Wildman–Crippen MR) is 67.8 cm³/mol. The Balaban J connectivity index is 4.21. The lowest BCUT2D eigenvalue weighted by Crippen LogP contribution is -2.51. The standard InChI is InChI=1S/C11H21N3O5/c1-4-14(7-9(15)16)11(18)13-8(2)10(17)12-5-6-19-3/h8H,4-7H2,1-3H3,(H,12,17)(H,13,18)(H,15,16). The van der Waals surface area contributed by atoms with Gasteiger partial charge >= 0.3 is 12.0 Å². The van der Waals surface area contributed by atoms with Crippen molar-refractivity contribution >= 4 is 17.9 Å². The third-order valence-electron chi connectivity index (χ3n) is 2.33. The molecule has 19 heavy (non-hydrogen) atoms. The lowest BCUT2D eigenvalue weighted by atomic mass is 10.3. The van der Waals surface area contributed by atoms with Gasteiger partial charge in [0.1, 0.15) is 12.6 Å². The van der Waals surface area contributed by atoms with Crippen LogP contribution in [0.3, 0.4) is 0 Å². The number of hydrogen-bond donors (Lipinski definition) is 3. The summed E-state index contributed by atoms with van der Waals surface area (Å²) in [4.78, 5) is 34.9. The second-order valence-electron chi connectivity index (χ2n) is 3.86. The summed E-state index contributed by atoms with van der Waals surface area (Å²) in [6.07, 6.45) is 0. The number of nitrogens with one attached hydrogen (secondary N) is 2. The number of methoxy groups -OCH3 is 1. The highest BCUT2D eigenvalue weighted by Gasteiger charge is 2.20. The maximum absolute atomic E-state index is 11.7. The fourth-order valence-corrected chi connectivity index (χ4v) is 1.26. The van der Waals surface area contributed by atoms with Crippen LogP contribution in [0.1, 0.15) is 13.8 Å². The molecule has 0 aliphatic rings. The van der Waals surface area contributed by atoms with E-state index in [-0.39, 0.29) is 12.5 Å². The van der Waals surface area contributed by atoms with Crippen molar-refractivity contribution in [1.29, 1.82) is 0 Å². The van der Waals surface area contributed by atoms with E-state index in [9.17, 15) is 14.4 Å². The number of aliphatic carboxylic acids is 1. The number of rotatable bonds is 8. The number of carboxylic acid groups (broad SMARTS) is 1. The Morgan fingerprint density at radius 1 is 1.37 bits per heavy atom. The molecule has 1 atom stereocenters. The van der Waals surface area contributed by atoms with Crippen molar-refractivity contribution in [3.63, 3.8) is 0 Å². The van der Waals surface area contributed by atoms with Crippen LogP contribution in [-0.2, 0) is 14.3 Å². The summed E-state index contributed by atoms with van der Waals surface area (Å²) in [7, 11) is 1.52. The molecule has 0 radical (unpaired) electrons. The maximum Gasteiger partial charge on any atom is 0.323 e. The van der Waals surface area contributed by atoms with Gasteiger partial charge in [-0.1, -0.05) is 0 Å². The van der Waals surface area contributed by atoms with E-state index >= 15 is 0 Å². The zero-order valence-corrected chi connectivity index (χ0v) is 11.4. The number of likely N-dealkylation sites (N-methyl/N-ethyl adjacent to an activating group) is 1. The SMILES string of the molecule is CCN(CC(=O)O)C(=O)NC(C)C(=O)NCCOC. The largest absolute Gasteiger partial charge is 0.480 e. The van der Waals surface area contributed by atoms with Crippen LogP contribution in [0.5, 0.6) is 0 Å². The molecule has 0 aliphatic carbocycles. The Morgan fingerprint density at radius 2 is 2.00 bits per heavy atom. The highest BCUT2D eigenvalue weighted by Crippen LogP contribution is 1.92. The van der Waals surface area contributed by atoms with Crippen molar-refractivity contribution in [3.05, 3.63) is 0 Å². The van der Waals surface area contributed by atoms with E-state index in [0.717, 1.165) is 4.90 Å². The number of carbonyl (C=O) groups is 3. The van der Waals surface area contributed by atoms with E-state index in [1.165, 1.54) is 14.0 Å². The van der Waals surface area contributed by atoms with Gasteiger partial charge in [0, 0.05) is 20.2 Å². The van der Waals surface area contributed by atoms with Gasteiger partial charge in [0.2, 0.25) is 5.91 Å². The summed E-state index contributed by atoms with van der Waals surface area (Å²) in [5.41, 5.74) is 0. The van der Waals surface area contributed by atoms with Gasteiger partial charge in [0.15, 0.2) is 0 Å². The Kier molecular flexibility index (Phi) is 8.27. The van der Waals surface area contributed by atoms with E-state index < -0.39 is 24.6 Å². The molecule has 0 aromatic carbocycles. The smallest absolute Gasteiger partial charge is 0.323 e. The fourth-order valence-electron chi connectivity index (χ4n) is 1.26. The third kappa shape index (κ3) is 7.24. The molecule has 0 saturated carbocycles. The van der Waals surface area contributed by atoms with Gasteiger partial charge in [-0.05, 0) is 13.8 Å². The number of hydrogen-bond acceptors (Lipinski definition) is 4. The Hall–Kier alpha value is -1.83. The van der Waals surface area contributed by atoms with Crippen LogP contribution in [-0.4, -0.2) is 67.3 Å². The molecule has 0 aromatic rings. The highest BCUT2D eigenvalue weighted by molar-refractivity contribution is 5.87. The number of carbonyl (C=O) groups excluding carboxylic acids is 2. The first-order chi connectivity index (χ1) is 8.92. The molecule has 0 rings (SSSR count). The predicted octanol–water partition coefficient (Wildman–Crippen LogP) is -0.746. The molecule has 3 N–H and O–H groups in total. The summed E-state index contributed by atoms with van der Waals surface area (Å²) in [5.74, 6) is -1.45. The van der Waals surface area contributed by atoms with Crippen LogP contribution in [0.25, 0.3) is 0 Å². The van der Waals surface area contributed by atoms with Crippen molar-refractivity contribution in [2.45, 2.75) is 19.9 Å². The molecular weight excluding hydrogens is 254 g/mol. The van der Waals surface area contributed by atoms with E-state index in [1.54, 1.807) is 6.92 Å². The van der Waals surface area contributed by atoms with Gasteiger partial charge in [-0.2, -0.15) is 0 Å². The zero-order valence-electron chi connectivity index (χ0n) is 11.4. The van der Waals surface area contributed by atoms with Gasteiger partial charge in [-0.25, -0.2) is 4.79 Å².